The molecular weight excluding hydrogens is 386 g/mol. The second kappa shape index (κ2) is 13.5. The molecule has 0 heterocycles. The summed E-state index contributed by atoms with van der Waals surface area (Å²) in [5, 5.41) is 34.5. The van der Waals surface area contributed by atoms with Crippen LogP contribution >= 0.6 is 0 Å². The molecule has 128 valence electrons. The maximum atomic E-state index is 10.6. The van der Waals surface area contributed by atoms with Crippen molar-refractivity contribution in [3.63, 3.8) is 0 Å². The monoisotopic (exact) mass is 402 g/mol. The van der Waals surface area contributed by atoms with Gasteiger partial charge in [0.25, 0.3) is 0 Å². The predicted octanol–water partition coefficient (Wildman–Crippen LogP) is -2.08. The second-order valence-electron chi connectivity index (χ2n) is 4.00. The molecule has 10 nitrogen and oxygen atoms in total. The Hall–Kier alpha value is -1.16. The molecule has 0 fully saturated rings. The van der Waals surface area contributed by atoms with Crippen LogP contribution in [-0.2, 0) is 53.3 Å². The zero-order valence-corrected chi connectivity index (χ0v) is 13.7. The number of hydrogen-bond acceptors (Lipinski definition) is 6. The van der Waals surface area contributed by atoms with Crippen LogP contribution < -0.4 is 0 Å². The molecule has 0 aliphatic heterocycles. The van der Waals surface area contributed by atoms with E-state index in [-0.39, 0.29) is 47.2 Å². The Kier molecular flexibility index (Phi) is 15.8. The molecule has 0 saturated carbocycles. The Morgan fingerprint density at radius 1 is 0.545 bits per heavy atom. The topological polar surface area (TPSA) is 156 Å². The second-order valence-corrected chi connectivity index (χ2v) is 4.00. The predicted molar refractivity (Wildman–Crippen MR) is 63.4 cm³/mol. The van der Waals surface area contributed by atoms with Gasteiger partial charge in [0.2, 0.25) is 0 Å². The molecule has 0 atom stereocenters. The van der Waals surface area contributed by atoms with Gasteiger partial charge in [-0.3, -0.25) is 29.0 Å². The number of nitrogens with zero attached hydrogens (tertiary/aromatic N) is 2. The number of rotatable bonds is 11. The van der Waals surface area contributed by atoms with E-state index < -0.39 is 50.1 Å². The molecule has 0 aliphatic rings. The SMILES string of the molecule is O=C(O)CN(CCN(CC(=O)O)CC(=O)O)CC(=O)O.[Mn].[Mn]. The fourth-order valence-electron chi connectivity index (χ4n) is 1.48. The van der Waals surface area contributed by atoms with Crippen molar-refractivity contribution in [2.24, 2.45) is 0 Å². The van der Waals surface area contributed by atoms with E-state index in [4.69, 9.17) is 20.4 Å². The summed E-state index contributed by atoms with van der Waals surface area (Å²) in [4.78, 5) is 44.4. The maximum absolute atomic E-state index is 10.6. The van der Waals surface area contributed by atoms with Crippen molar-refractivity contribution >= 4 is 23.9 Å². The van der Waals surface area contributed by atoms with E-state index in [0.717, 1.165) is 9.80 Å². The summed E-state index contributed by atoms with van der Waals surface area (Å²) < 4.78 is 0. The quantitative estimate of drug-likeness (QED) is 0.283. The molecule has 0 unspecified atom stereocenters. The van der Waals surface area contributed by atoms with Gasteiger partial charge in [0.1, 0.15) is 0 Å². The molecule has 0 aromatic carbocycles. The van der Waals surface area contributed by atoms with Gasteiger partial charge in [-0.25, -0.2) is 0 Å². The van der Waals surface area contributed by atoms with Gasteiger partial charge in [-0.1, -0.05) is 0 Å². The number of carboxylic acid groups (broad SMARTS) is 4. The van der Waals surface area contributed by atoms with Crippen molar-refractivity contribution in [2.75, 3.05) is 39.3 Å². The number of carbonyl (C=O) groups is 4. The molecule has 0 spiro atoms. The Morgan fingerprint density at radius 3 is 0.864 bits per heavy atom. The third kappa shape index (κ3) is 15.2. The van der Waals surface area contributed by atoms with Gasteiger partial charge in [0.05, 0.1) is 26.2 Å². The number of carboxylic acids is 4. The van der Waals surface area contributed by atoms with E-state index in [1.165, 1.54) is 0 Å². The van der Waals surface area contributed by atoms with Crippen LogP contribution in [0.25, 0.3) is 0 Å². The average molecular weight is 402 g/mol. The summed E-state index contributed by atoms with van der Waals surface area (Å²) in [6.45, 7) is -2.25. The van der Waals surface area contributed by atoms with Crippen LogP contribution in [0.1, 0.15) is 0 Å². The van der Waals surface area contributed by atoms with E-state index in [1.54, 1.807) is 0 Å². The molecular formula is C10H16Mn2N2O8. The van der Waals surface area contributed by atoms with Gasteiger partial charge in [-0.2, -0.15) is 0 Å². The molecule has 0 aliphatic carbocycles. The van der Waals surface area contributed by atoms with Gasteiger partial charge in [-0.15, -0.1) is 0 Å². The average Bonchev–Trinajstić information content (AvgIpc) is 2.22. The summed E-state index contributed by atoms with van der Waals surface area (Å²) in [5.41, 5.74) is 0. The van der Waals surface area contributed by atoms with Gasteiger partial charge >= 0.3 is 23.9 Å². The van der Waals surface area contributed by atoms with Crippen LogP contribution in [0.4, 0.5) is 0 Å². The van der Waals surface area contributed by atoms with Gasteiger partial charge in [0.15, 0.2) is 0 Å². The molecule has 0 rings (SSSR count). The van der Waals surface area contributed by atoms with Crippen LogP contribution in [-0.4, -0.2) is 93.4 Å². The molecule has 22 heavy (non-hydrogen) atoms. The summed E-state index contributed by atoms with van der Waals surface area (Å²) >= 11 is 0. The summed E-state index contributed by atoms with van der Waals surface area (Å²) in [5.74, 6) is -4.91. The first kappa shape index (κ1) is 25.8. The van der Waals surface area contributed by atoms with Crippen molar-refractivity contribution in [3.8, 4) is 0 Å². The first-order valence-corrected chi connectivity index (χ1v) is 5.52. The Morgan fingerprint density at radius 2 is 0.727 bits per heavy atom. The molecule has 2 radical (unpaired) electrons. The van der Waals surface area contributed by atoms with Crippen molar-refractivity contribution < 1.29 is 73.7 Å². The molecule has 0 aromatic heterocycles. The van der Waals surface area contributed by atoms with E-state index in [2.05, 4.69) is 0 Å². The molecule has 0 aromatic rings. The van der Waals surface area contributed by atoms with E-state index in [9.17, 15) is 19.2 Å². The van der Waals surface area contributed by atoms with Crippen LogP contribution in [0.2, 0.25) is 0 Å². The smallest absolute Gasteiger partial charge is 0.317 e. The van der Waals surface area contributed by atoms with Crippen molar-refractivity contribution in [3.05, 3.63) is 0 Å². The van der Waals surface area contributed by atoms with Crippen molar-refractivity contribution in [2.45, 2.75) is 0 Å². The Labute approximate surface area is 147 Å². The maximum Gasteiger partial charge on any atom is 0.317 e. The van der Waals surface area contributed by atoms with E-state index in [1.807, 2.05) is 0 Å². The molecule has 0 amide bonds. The minimum Gasteiger partial charge on any atom is -0.480 e. The largest absolute Gasteiger partial charge is 0.480 e. The standard InChI is InChI=1S/C10H16N2O8.2Mn/c13-7(14)3-11(4-8(15)16)1-2-12(5-9(17)18)6-10(19)20;;/h1-6H2,(H,13,14)(H,15,16)(H,17,18)(H,19,20);;. The normalized spacial score (nSPS) is 9.73. The fourth-order valence-corrected chi connectivity index (χ4v) is 1.48. The number of hydrogen-bond donors (Lipinski definition) is 4. The van der Waals surface area contributed by atoms with Crippen molar-refractivity contribution in [1.82, 2.24) is 9.80 Å². The van der Waals surface area contributed by atoms with Gasteiger partial charge < -0.3 is 20.4 Å². The Balaban J connectivity index is -0.00000180. The first-order valence-electron chi connectivity index (χ1n) is 5.52. The van der Waals surface area contributed by atoms with Gasteiger partial charge in [0, 0.05) is 47.2 Å². The molecule has 12 heteroatoms. The first-order chi connectivity index (χ1) is 9.20. The Bertz CT molecular complexity index is 325. The molecule has 0 saturated heterocycles. The minimum absolute atomic E-state index is 0. The van der Waals surface area contributed by atoms with E-state index >= 15 is 0 Å². The minimum atomic E-state index is -1.23. The van der Waals surface area contributed by atoms with Crippen LogP contribution in [0, 0.1) is 0 Å². The molecule has 0 bridgehead atoms. The summed E-state index contributed by atoms with van der Waals surface area (Å²) in [7, 11) is 0. The zero-order valence-electron chi connectivity index (χ0n) is 11.3. The summed E-state index contributed by atoms with van der Waals surface area (Å²) in [6.07, 6.45) is 0. The summed E-state index contributed by atoms with van der Waals surface area (Å²) in [6, 6.07) is 0. The zero-order chi connectivity index (χ0) is 15.7. The van der Waals surface area contributed by atoms with Crippen LogP contribution in [0.5, 0.6) is 0 Å². The van der Waals surface area contributed by atoms with Crippen LogP contribution in [0.15, 0.2) is 0 Å². The fraction of sp³-hybridized carbons (Fsp3) is 0.600. The third-order valence-corrected chi connectivity index (χ3v) is 2.17. The van der Waals surface area contributed by atoms with E-state index in [0.29, 0.717) is 0 Å². The van der Waals surface area contributed by atoms with Gasteiger partial charge in [-0.05, 0) is 0 Å². The third-order valence-electron chi connectivity index (χ3n) is 2.17. The number of aliphatic carboxylic acids is 4. The van der Waals surface area contributed by atoms with Crippen LogP contribution in [0.3, 0.4) is 0 Å². The van der Waals surface area contributed by atoms with Crippen molar-refractivity contribution in [1.29, 1.82) is 0 Å². The molecule has 4 N–H and O–H groups in total.